The third kappa shape index (κ3) is 3.65. The van der Waals surface area contributed by atoms with Crippen LogP contribution in [0.1, 0.15) is 24.4 Å². The summed E-state index contributed by atoms with van der Waals surface area (Å²) in [6.45, 7) is 5.17. The summed E-state index contributed by atoms with van der Waals surface area (Å²) in [5.41, 5.74) is 0.953. The van der Waals surface area contributed by atoms with Crippen molar-refractivity contribution < 1.29 is 9.72 Å². The summed E-state index contributed by atoms with van der Waals surface area (Å²) < 4.78 is 2.59. The molecule has 10 heteroatoms. The highest BCUT2D eigenvalue weighted by Crippen LogP contribution is 2.24. The van der Waals surface area contributed by atoms with E-state index in [0.717, 1.165) is 16.1 Å². The second-order valence-corrected chi connectivity index (χ2v) is 6.25. The van der Waals surface area contributed by atoms with Gasteiger partial charge in [0.05, 0.1) is 10.6 Å². The number of benzene rings is 1. The molecule has 0 saturated heterocycles. The molecule has 0 aliphatic rings. The highest BCUT2D eigenvalue weighted by Gasteiger charge is 2.22. The number of hydrogen-bond acceptors (Lipinski definition) is 6. The van der Waals surface area contributed by atoms with Crippen molar-refractivity contribution in [2.24, 2.45) is 0 Å². The lowest BCUT2D eigenvalue weighted by Gasteiger charge is -2.15. The molecule has 0 fully saturated rings. The Balaban J connectivity index is 1.92. The number of nitro benzene ring substituents is 1. The minimum Gasteiger partial charge on any atom is -0.319 e. The van der Waals surface area contributed by atoms with Crippen LogP contribution in [-0.4, -0.2) is 30.4 Å². The zero-order chi connectivity index (χ0) is 20.4. The van der Waals surface area contributed by atoms with E-state index < -0.39 is 22.4 Å². The lowest BCUT2D eigenvalue weighted by atomic mass is 10.2. The minimum atomic E-state index is -0.996. The summed E-state index contributed by atoms with van der Waals surface area (Å²) in [5.74, 6) is -0.218. The van der Waals surface area contributed by atoms with Crippen LogP contribution >= 0.6 is 0 Å². The zero-order valence-electron chi connectivity index (χ0n) is 15.5. The van der Waals surface area contributed by atoms with Crippen LogP contribution in [-0.2, 0) is 4.79 Å². The molecule has 3 aromatic rings. The second-order valence-electron chi connectivity index (χ2n) is 6.25. The number of aromatic nitrogens is 4. The molecular weight excluding hydrogens is 364 g/mol. The molecule has 1 unspecified atom stereocenters. The van der Waals surface area contributed by atoms with Crippen LogP contribution in [0, 0.1) is 24.0 Å². The second kappa shape index (κ2) is 7.43. The fourth-order valence-electron chi connectivity index (χ4n) is 2.75. The normalized spacial score (nSPS) is 11.8. The predicted molar refractivity (Wildman–Crippen MR) is 102 cm³/mol. The molecule has 1 amide bonds. The van der Waals surface area contributed by atoms with Crippen molar-refractivity contribution in [2.75, 3.05) is 5.32 Å². The Morgan fingerprint density at radius 2 is 1.89 bits per heavy atom. The van der Waals surface area contributed by atoms with Gasteiger partial charge in [0, 0.05) is 17.8 Å². The van der Waals surface area contributed by atoms with Crippen molar-refractivity contribution in [3.05, 3.63) is 74.3 Å². The number of carbonyl (C=O) groups is 1. The van der Waals surface area contributed by atoms with Gasteiger partial charge in [-0.15, -0.1) is 5.10 Å². The van der Waals surface area contributed by atoms with Crippen molar-refractivity contribution in [3.63, 3.8) is 0 Å². The highest BCUT2D eigenvalue weighted by atomic mass is 16.6. The van der Waals surface area contributed by atoms with Crippen molar-refractivity contribution >= 4 is 17.3 Å². The Morgan fingerprint density at radius 3 is 2.54 bits per heavy atom. The molecule has 0 spiro atoms. The van der Waals surface area contributed by atoms with Crippen molar-refractivity contribution in [2.45, 2.75) is 26.8 Å². The smallest absolute Gasteiger partial charge is 0.292 e. The summed E-state index contributed by atoms with van der Waals surface area (Å²) in [4.78, 5) is 35.4. The summed E-state index contributed by atoms with van der Waals surface area (Å²) in [6.07, 6.45) is 0. The van der Waals surface area contributed by atoms with Crippen LogP contribution in [0.15, 0.2) is 47.3 Å². The Labute approximate surface area is 159 Å². The zero-order valence-corrected chi connectivity index (χ0v) is 15.5. The number of carbonyl (C=O) groups excluding carboxylic acids is 1. The van der Waals surface area contributed by atoms with Crippen LogP contribution in [0.5, 0.6) is 0 Å². The molecule has 1 atom stereocenters. The maximum atomic E-state index is 12.6. The summed E-state index contributed by atoms with van der Waals surface area (Å²) in [6, 6.07) is 9.46. The molecule has 10 nitrogen and oxygen atoms in total. The number of hydrogen-bond donors (Lipinski definition) is 1. The fraction of sp³-hybridized carbons (Fsp3) is 0.222. The number of para-hydroxylation sites is 2. The third-order valence-corrected chi connectivity index (χ3v) is 4.14. The minimum absolute atomic E-state index is 0.0482. The first-order valence-corrected chi connectivity index (χ1v) is 8.45. The summed E-state index contributed by atoms with van der Waals surface area (Å²) in [5, 5.41) is 22.2. The van der Waals surface area contributed by atoms with Gasteiger partial charge in [0.25, 0.3) is 11.2 Å². The van der Waals surface area contributed by atoms with Crippen molar-refractivity contribution in [1.82, 2.24) is 19.6 Å². The van der Waals surface area contributed by atoms with Gasteiger partial charge < -0.3 is 5.32 Å². The maximum Gasteiger partial charge on any atom is 0.292 e. The van der Waals surface area contributed by atoms with Gasteiger partial charge in [-0.2, -0.15) is 5.10 Å². The van der Waals surface area contributed by atoms with Crippen molar-refractivity contribution in [3.8, 4) is 5.82 Å². The number of anilines is 1. The molecule has 144 valence electrons. The molecule has 3 rings (SSSR count). The van der Waals surface area contributed by atoms with Crippen LogP contribution in [0.25, 0.3) is 5.82 Å². The average molecular weight is 382 g/mol. The topological polar surface area (TPSA) is 125 Å². The fourth-order valence-corrected chi connectivity index (χ4v) is 2.75. The molecule has 2 aromatic heterocycles. The molecule has 28 heavy (non-hydrogen) atoms. The molecule has 0 aliphatic carbocycles. The Morgan fingerprint density at radius 1 is 1.18 bits per heavy atom. The van der Waals surface area contributed by atoms with Gasteiger partial charge in [-0.05, 0) is 39.0 Å². The molecule has 0 radical (unpaired) electrons. The number of nitrogens with zero attached hydrogens (tertiary/aromatic N) is 5. The molecule has 0 aliphatic heterocycles. The molecule has 1 N–H and O–H groups in total. The first-order valence-electron chi connectivity index (χ1n) is 8.45. The monoisotopic (exact) mass is 382 g/mol. The summed E-state index contributed by atoms with van der Waals surface area (Å²) >= 11 is 0. The SMILES string of the molecule is Cc1cc(C)n(-c2ccc(=O)n(C(C)C(=O)Nc3ccccc3[N+](=O)[O-])n2)n1. The largest absolute Gasteiger partial charge is 0.319 e. The van der Waals surface area contributed by atoms with Crippen molar-refractivity contribution in [1.29, 1.82) is 0 Å². The molecule has 0 bridgehead atoms. The Hall–Kier alpha value is -3.82. The van der Waals surface area contributed by atoms with Crippen LogP contribution in [0.2, 0.25) is 0 Å². The van der Waals surface area contributed by atoms with Gasteiger partial charge in [0.15, 0.2) is 5.82 Å². The lowest BCUT2D eigenvalue weighted by Crippen LogP contribution is -2.33. The van der Waals surface area contributed by atoms with Crippen LogP contribution < -0.4 is 10.9 Å². The average Bonchev–Trinajstić information content (AvgIpc) is 3.00. The predicted octanol–water partition coefficient (Wildman–Crippen LogP) is 2.15. The van der Waals surface area contributed by atoms with E-state index in [0.29, 0.717) is 5.82 Å². The number of aryl methyl sites for hydroxylation is 2. The van der Waals surface area contributed by atoms with E-state index in [1.807, 2.05) is 19.9 Å². The van der Waals surface area contributed by atoms with E-state index in [-0.39, 0.29) is 11.4 Å². The molecule has 2 heterocycles. The maximum absolute atomic E-state index is 12.6. The van der Waals surface area contributed by atoms with Crippen LogP contribution in [0.3, 0.4) is 0 Å². The quantitative estimate of drug-likeness (QED) is 0.532. The van der Waals surface area contributed by atoms with E-state index in [4.69, 9.17) is 0 Å². The number of nitro groups is 1. The van der Waals surface area contributed by atoms with E-state index in [1.54, 1.807) is 10.7 Å². The third-order valence-electron chi connectivity index (χ3n) is 4.14. The summed E-state index contributed by atoms with van der Waals surface area (Å²) in [7, 11) is 0. The molecule has 0 saturated carbocycles. The standard InChI is InChI=1S/C18H18N6O4/c1-11-10-12(2)22(20-11)16-8-9-17(25)23(21-16)13(3)18(26)19-14-6-4-5-7-15(14)24(27)28/h4-10,13H,1-3H3,(H,19,26). The Bertz CT molecular complexity index is 1120. The van der Waals surface area contributed by atoms with E-state index in [2.05, 4.69) is 15.5 Å². The van der Waals surface area contributed by atoms with Crippen LogP contribution in [0.4, 0.5) is 11.4 Å². The van der Waals surface area contributed by atoms with Gasteiger partial charge in [0.2, 0.25) is 5.91 Å². The van der Waals surface area contributed by atoms with E-state index in [9.17, 15) is 19.7 Å². The first kappa shape index (κ1) is 19.0. The number of amides is 1. The van der Waals surface area contributed by atoms with Gasteiger partial charge in [-0.1, -0.05) is 12.1 Å². The van der Waals surface area contributed by atoms with E-state index >= 15 is 0 Å². The number of rotatable bonds is 5. The van der Waals surface area contributed by atoms with Gasteiger partial charge >= 0.3 is 0 Å². The number of nitrogens with one attached hydrogen (secondary N) is 1. The lowest BCUT2D eigenvalue weighted by molar-refractivity contribution is -0.383. The first-order chi connectivity index (χ1) is 13.3. The molecular formula is C18H18N6O4. The Kier molecular flexibility index (Phi) is 5.03. The van der Waals surface area contributed by atoms with Gasteiger partial charge in [-0.25, -0.2) is 9.36 Å². The molecule has 1 aromatic carbocycles. The van der Waals surface area contributed by atoms with Gasteiger partial charge in [0.1, 0.15) is 11.7 Å². The van der Waals surface area contributed by atoms with E-state index in [1.165, 1.54) is 37.3 Å². The van der Waals surface area contributed by atoms with Gasteiger partial charge in [-0.3, -0.25) is 19.7 Å². The highest BCUT2D eigenvalue weighted by molar-refractivity contribution is 5.95.